The van der Waals surface area contributed by atoms with Crippen molar-refractivity contribution < 1.29 is 9.59 Å². The molecule has 0 fully saturated rings. The summed E-state index contributed by atoms with van der Waals surface area (Å²) in [5, 5.41) is 4.35. The number of urea groups is 2. The van der Waals surface area contributed by atoms with E-state index >= 15 is 0 Å². The minimum absolute atomic E-state index is 0.355. The average molecular weight is 159 g/mol. The number of hydrogen-bond donors (Lipinski definition) is 3. The van der Waals surface area contributed by atoms with Gasteiger partial charge in [-0.15, -0.1) is 0 Å². The van der Waals surface area contributed by atoms with Gasteiger partial charge in [0.25, 0.3) is 0 Å². The molecule has 5 heteroatoms. The first-order chi connectivity index (χ1) is 5.02. The van der Waals surface area contributed by atoms with Gasteiger partial charge in [0.1, 0.15) is 0 Å². The summed E-state index contributed by atoms with van der Waals surface area (Å²) in [6, 6.07) is -1.39. The molecule has 0 saturated heterocycles. The van der Waals surface area contributed by atoms with Crippen molar-refractivity contribution >= 4 is 12.1 Å². The summed E-state index contributed by atoms with van der Waals surface area (Å²) in [5.74, 6) is 0.355. The van der Waals surface area contributed by atoms with Crippen LogP contribution in [0.1, 0.15) is 13.8 Å². The van der Waals surface area contributed by atoms with E-state index in [0.29, 0.717) is 12.5 Å². The standard InChI is InChI=1S/C6H13N3O2/c1-4(2)3-8-6(11)9-5(7)10/h4H,3H2,1-2H3,(H4,7,8,9,10,11). The monoisotopic (exact) mass is 159 g/mol. The molecule has 11 heavy (non-hydrogen) atoms. The molecule has 0 rings (SSSR count). The van der Waals surface area contributed by atoms with Crippen molar-refractivity contribution in [3.8, 4) is 0 Å². The quantitative estimate of drug-likeness (QED) is 0.530. The number of hydrogen-bond acceptors (Lipinski definition) is 2. The minimum Gasteiger partial charge on any atom is -0.351 e. The van der Waals surface area contributed by atoms with E-state index in [0.717, 1.165) is 0 Å². The molecule has 0 radical (unpaired) electrons. The summed E-state index contributed by atoms with van der Waals surface area (Å²) >= 11 is 0. The maximum atomic E-state index is 10.6. The predicted molar refractivity (Wildman–Crippen MR) is 41.0 cm³/mol. The van der Waals surface area contributed by atoms with E-state index in [2.05, 4.69) is 11.1 Å². The smallest absolute Gasteiger partial charge is 0.322 e. The molecule has 4 N–H and O–H groups in total. The van der Waals surface area contributed by atoms with Crippen LogP contribution in [0, 0.1) is 5.92 Å². The molecule has 0 aromatic heterocycles. The number of nitrogens with one attached hydrogen (secondary N) is 2. The number of carbonyl (C=O) groups is 2. The summed E-state index contributed by atoms with van der Waals surface area (Å²) in [5.41, 5.74) is 4.69. The lowest BCUT2D eigenvalue weighted by Crippen LogP contribution is -2.43. The Balaban J connectivity index is 3.46. The SMILES string of the molecule is CC(C)CNC(=O)NC(N)=O. The van der Waals surface area contributed by atoms with Gasteiger partial charge in [-0.05, 0) is 5.92 Å². The zero-order valence-electron chi connectivity index (χ0n) is 6.68. The Bertz CT molecular complexity index is 156. The Morgan fingerprint density at radius 3 is 2.36 bits per heavy atom. The van der Waals surface area contributed by atoms with Crippen molar-refractivity contribution in [2.75, 3.05) is 6.54 Å². The van der Waals surface area contributed by atoms with E-state index in [1.54, 1.807) is 0 Å². The molecule has 0 aliphatic carbocycles. The van der Waals surface area contributed by atoms with Crippen molar-refractivity contribution in [1.29, 1.82) is 0 Å². The second-order valence-corrected chi connectivity index (χ2v) is 2.59. The predicted octanol–water partition coefficient (Wildman–Crippen LogP) is 0.0203. The first-order valence-electron chi connectivity index (χ1n) is 3.36. The van der Waals surface area contributed by atoms with Crippen LogP contribution in [-0.4, -0.2) is 18.6 Å². The molecule has 0 saturated carbocycles. The zero-order chi connectivity index (χ0) is 8.85. The molecule has 4 amide bonds. The normalized spacial score (nSPS) is 9.36. The van der Waals surface area contributed by atoms with Crippen LogP contribution in [0.4, 0.5) is 9.59 Å². The third-order valence-electron chi connectivity index (χ3n) is 0.908. The number of nitrogens with two attached hydrogens (primary N) is 1. The van der Waals surface area contributed by atoms with E-state index in [4.69, 9.17) is 0 Å². The highest BCUT2D eigenvalue weighted by atomic mass is 16.2. The first-order valence-corrected chi connectivity index (χ1v) is 3.36. The highest BCUT2D eigenvalue weighted by Crippen LogP contribution is 1.85. The van der Waals surface area contributed by atoms with Gasteiger partial charge < -0.3 is 11.1 Å². The van der Waals surface area contributed by atoms with Gasteiger partial charge in [-0.2, -0.15) is 0 Å². The number of primary amides is 1. The molecule has 5 nitrogen and oxygen atoms in total. The fraction of sp³-hybridized carbons (Fsp3) is 0.667. The first kappa shape index (κ1) is 9.74. The number of imide groups is 1. The lowest BCUT2D eigenvalue weighted by molar-refractivity contribution is 0.230. The third-order valence-corrected chi connectivity index (χ3v) is 0.908. The topological polar surface area (TPSA) is 84.2 Å². The largest absolute Gasteiger partial charge is 0.351 e. The Labute approximate surface area is 65.3 Å². The Morgan fingerprint density at radius 2 is 2.00 bits per heavy atom. The maximum Gasteiger partial charge on any atom is 0.322 e. The van der Waals surface area contributed by atoms with Gasteiger partial charge in [-0.3, -0.25) is 5.32 Å². The van der Waals surface area contributed by atoms with Crippen molar-refractivity contribution in [3.05, 3.63) is 0 Å². The van der Waals surface area contributed by atoms with Crippen molar-refractivity contribution in [2.45, 2.75) is 13.8 Å². The minimum atomic E-state index is -0.841. The highest BCUT2D eigenvalue weighted by Gasteiger charge is 2.02. The average Bonchev–Trinajstić information content (AvgIpc) is 1.82. The molecule has 0 bridgehead atoms. The summed E-state index contributed by atoms with van der Waals surface area (Å²) in [7, 11) is 0. The lowest BCUT2D eigenvalue weighted by atomic mass is 10.2. The van der Waals surface area contributed by atoms with E-state index in [-0.39, 0.29) is 0 Å². The summed E-state index contributed by atoms with van der Waals surface area (Å²) in [6.45, 7) is 4.42. The van der Waals surface area contributed by atoms with Crippen LogP contribution >= 0.6 is 0 Å². The highest BCUT2D eigenvalue weighted by molar-refractivity contribution is 5.92. The Hall–Kier alpha value is -1.26. The van der Waals surface area contributed by atoms with E-state index in [1.165, 1.54) is 0 Å². The molecule has 0 aliphatic rings. The lowest BCUT2D eigenvalue weighted by Gasteiger charge is -2.06. The van der Waals surface area contributed by atoms with Crippen LogP contribution < -0.4 is 16.4 Å². The van der Waals surface area contributed by atoms with E-state index < -0.39 is 12.1 Å². The van der Waals surface area contributed by atoms with Crippen LogP contribution in [0.3, 0.4) is 0 Å². The van der Waals surface area contributed by atoms with Gasteiger partial charge in [-0.25, -0.2) is 9.59 Å². The molecule has 0 spiro atoms. The van der Waals surface area contributed by atoms with Gasteiger partial charge >= 0.3 is 12.1 Å². The molecular formula is C6H13N3O2. The zero-order valence-corrected chi connectivity index (χ0v) is 6.68. The van der Waals surface area contributed by atoms with Crippen LogP contribution in [-0.2, 0) is 0 Å². The fourth-order valence-corrected chi connectivity index (χ4v) is 0.453. The molecular weight excluding hydrogens is 146 g/mol. The van der Waals surface area contributed by atoms with Crippen LogP contribution in [0.2, 0.25) is 0 Å². The van der Waals surface area contributed by atoms with Gasteiger partial charge in [0.15, 0.2) is 0 Å². The van der Waals surface area contributed by atoms with Crippen molar-refractivity contribution in [3.63, 3.8) is 0 Å². The molecule has 0 aliphatic heterocycles. The second-order valence-electron chi connectivity index (χ2n) is 2.59. The van der Waals surface area contributed by atoms with E-state index in [1.807, 2.05) is 19.2 Å². The molecule has 0 aromatic carbocycles. The van der Waals surface area contributed by atoms with Gasteiger partial charge in [-0.1, -0.05) is 13.8 Å². The van der Waals surface area contributed by atoms with Crippen LogP contribution in [0.5, 0.6) is 0 Å². The molecule has 64 valence electrons. The summed E-state index contributed by atoms with van der Waals surface area (Å²) in [6.07, 6.45) is 0. The van der Waals surface area contributed by atoms with Gasteiger partial charge in [0.2, 0.25) is 0 Å². The summed E-state index contributed by atoms with van der Waals surface area (Å²) in [4.78, 5) is 20.7. The maximum absolute atomic E-state index is 10.6. The molecule has 0 unspecified atom stereocenters. The van der Waals surface area contributed by atoms with Crippen molar-refractivity contribution in [1.82, 2.24) is 10.6 Å². The Kier molecular flexibility index (Phi) is 4.02. The van der Waals surface area contributed by atoms with Crippen LogP contribution in [0.15, 0.2) is 0 Å². The summed E-state index contributed by atoms with van der Waals surface area (Å²) < 4.78 is 0. The second kappa shape index (κ2) is 4.54. The fourth-order valence-electron chi connectivity index (χ4n) is 0.453. The number of amides is 4. The molecule has 0 heterocycles. The third kappa shape index (κ3) is 6.63. The van der Waals surface area contributed by atoms with Crippen LogP contribution in [0.25, 0.3) is 0 Å². The van der Waals surface area contributed by atoms with Gasteiger partial charge in [0, 0.05) is 6.54 Å². The van der Waals surface area contributed by atoms with Gasteiger partial charge in [0.05, 0.1) is 0 Å². The number of rotatable bonds is 2. The van der Waals surface area contributed by atoms with E-state index in [9.17, 15) is 9.59 Å². The van der Waals surface area contributed by atoms with Crippen molar-refractivity contribution in [2.24, 2.45) is 11.7 Å². The molecule has 0 atom stereocenters. The Morgan fingerprint density at radius 1 is 1.45 bits per heavy atom. The molecule has 0 aromatic rings. The number of carbonyl (C=O) groups excluding carboxylic acids is 2.